The van der Waals surface area contributed by atoms with E-state index in [1.54, 1.807) is 23.8 Å². The molecule has 2 aromatic rings. The second-order valence-corrected chi connectivity index (χ2v) is 4.47. The number of rotatable bonds is 4. The lowest BCUT2D eigenvalue weighted by Crippen LogP contribution is -2.24. The minimum absolute atomic E-state index is 0.000644. The van der Waals surface area contributed by atoms with Gasteiger partial charge < -0.3 is 10.4 Å². The van der Waals surface area contributed by atoms with Gasteiger partial charge in [-0.15, -0.1) is 11.3 Å². The van der Waals surface area contributed by atoms with Crippen LogP contribution in [0.1, 0.15) is 25.6 Å². The first kappa shape index (κ1) is 12.3. The number of thiazole rings is 1. The number of aromatic nitrogens is 1. The van der Waals surface area contributed by atoms with E-state index in [-0.39, 0.29) is 11.1 Å². The summed E-state index contributed by atoms with van der Waals surface area (Å²) in [5.41, 5.74) is 1.83. The van der Waals surface area contributed by atoms with E-state index in [0.717, 1.165) is 4.88 Å². The molecule has 0 saturated heterocycles. The van der Waals surface area contributed by atoms with Gasteiger partial charge in [0.2, 0.25) is 0 Å². The zero-order valence-electron chi connectivity index (χ0n) is 9.29. The van der Waals surface area contributed by atoms with Crippen LogP contribution in [0.25, 0.3) is 0 Å². The van der Waals surface area contributed by atoms with Crippen molar-refractivity contribution in [1.82, 2.24) is 10.3 Å². The van der Waals surface area contributed by atoms with Crippen LogP contribution in [0.3, 0.4) is 0 Å². The summed E-state index contributed by atoms with van der Waals surface area (Å²) in [6.07, 6.45) is 1.66. The van der Waals surface area contributed by atoms with Gasteiger partial charge in [-0.1, -0.05) is 12.1 Å². The van der Waals surface area contributed by atoms with Crippen LogP contribution >= 0.6 is 11.3 Å². The smallest absolute Gasteiger partial charge is 0.336 e. The molecular weight excluding hydrogens is 252 g/mol. The van der Waals surface area contributed by atoms with Crippen molar-refractivity contribution in [3.8, 4) is 0 Å². The highest BCUT2D eigenvalue weighted by atomic mass is 32.1. The van der Waals surface area contributed by atoms with Crippen LogP contribution in [0.15, 0.2) is 36.0 Å². The molecule has 0 spiro atoms. The predicted molar refractivity (Wildman–Crippen MR) is 66.7 cm³/mol. The van der Waals surface area contributed by atoms with Gasteiger partial charge in [0.05, 0.1) is 23.2 Å². The lowest BCUT2D eigenvalue weighted by atomic mass is 10.1. The molecule has 0 aliphatic heterocycles. The van der Waals surface area contributed by atoms with E-state index in [1.165, 1.54) is 23.5 Å². The molecule has 1 aromatic carbocycles. The SMILES string of the molecule is O=C(O)c1ccccc1C(=O)NCc1cncs1. The van der Waals surface area contributed by atoms with Gasteiger partial charge >= 0.3 is 5.97 Å². The summed E-state index contributed by atoms with van der Waals surface area (Å²) in [5, 5.41) is 11.6. The molecule has 92 valence electrons. The zero-order valence-corrected chi connectivity index (χ0v) is 10.1. The quantitative estimate of drug-likeness (QED) is 0.880. The fourth-order valence-electron chi connectivity index (χ4n) is 1.46. The molecular formula is C12H10N2O3S. The zero-order chi connectivity index (χ0) is 13.0. The maximum absolute atomic E-state index is 11.9. The Morgan fingerprint density at radius 3 is 2.61 bits per heavy atom. The lowest BCUT2D eigenvalue weighted by molar-refractivity contribution is 0.0691. The van der Waals surface area contributed by atoms with E-state index in [2.05, 4.69) is 10.3 Å². The molecule has 0 unspecified atom stereocenters. The Morgan fingerprint density at radius 2 is 2.00 bits per heavy atom. The fourth-order valence-corrected chi connectivity index (χ4v) is 1.99. The van der Waals surface area contributed by atoms with Crippen LogP contribution < -0.4 is 5.32 Å². The lowest BCUT2D eigenvalue weighted by Gasteiger charge is -2.06. The molecule has 0 aliphatic carbocycles. The Hall–Kier alpha value is -2.21. The molecule has 0 atom stereocenters. The molecule has 0 fully saturated rings. The van der Waals surface area contributed by atoms with Crippen molar-refractivity contribution in [3.63, 3.8) is 0 Å². The number of nitrogens with one attached hydrogen (secondary N) is 1. The summed E-state index contributed by atoms with van der Waals surface area (Å²) < 4.78 is 0. The van der Waals surface area contributed by atoms with Crippen molar-refractivity contribution < 1.29 is 14.7 Å². The average molecular weight is 262 g/mol. The van der Waals surface area contributed by atoms with Crippen molar-refractivity contribution >= 4 is 23.2 Å². The molecule has 0 aliphatic rings. The summed E-state index contributed by atoms with van der Waals surface area (Å²) in [7, 11) is 0. The largest absolute Gasteiger partial charge is 0.478 e. The van der Waals surface area contributed by atoms with Gasteiger partial charge in [-0.25, -0.2) is 4.79 Å². The van der Waals surface area contributed by atoms with Gasteiger partial charge in [0.1, 0.15) is 0 Å². The number of carbonyl (C=O) groups excluding carboxylic acids is 1. The minimum atomic E-state index is -1.11. The number of benzene rings is 1. The van der Waals surface area contributed by atoms with Gasteiger partial charge in [0.15, 0.2) is 0 Å². The van der Waals surface area contributed by atoms with Crippen LogP contribution in [-0.4, -0.2) is 22.0 Å². The van der Waals surface area contributed by atoms with E-state index < -0.39 is 11.9 Å². The van der Waals surface area contributed by atoms with Crippen molar-refractivity contribution in [3.05, 3.63) is 52.0 Å². The number of carboxylic acids is 1. The number of hydrogen-bond donors (Lipinski definition) is 2. The van der Waals surface area contributed by atoms with Gasteiger partial charge in [-0.2, -0.15) is 0 Å². The van der Waals surface area contributed by atoms with Crippen LogP contribution in [0.4, 0.5) is 0 Å². The average Bonchev–Trinajstić information content (AvgIpc) is 2.89. The maximum Gasteiger partial charge on any atom is 0.336 e. The number of hydrogen-bond acceptors (Lipinski definition) is 4. The standard InChI is InChI=1S/C12H10N2O3S/c15-11(14-6-8-5-13-7-18-8)9-3-1-2-4-10(9)12(16)17/h1-5,7H,6H2,(H,14,15)(H,16,17). The van der Waals surface area contributed by atoms with Crippen molar-refractivity contribution in [1.29, 1.82) is 0 Å². The molecule has 1 aromatic heterocycles. The van der Waals surface area contributed by atoms with Crippen molar-refractivity contribution in [2.24, 2.45) is 0 Å². The minimum Gasteiger partial charge on any atom is -0.478 e. The van der Waals surface area contributed by atoms with Crippen LogP contribution in [0.5, 0.6) is 0 Å². The number of carbonyl (C=O) groups is 2. The number of nitrogens with zero attached hydrogens (tertiary/aromatic N) is 1. The van der Waals surface area contributed by atoms with Crippen LogP contribution in [0, 0.1) is 0 Å². The summed E-state index contributed by atoms with van der Waals surface area (Å²) in [4.78, 5) is 27.7. The molecule has 2 N–H and O–H groups in total. The normalized spacial score (nSPS) is 10.0. The van der Waals surface area contributed by atoms with Crippen molar-refractivity contribution in [2.75, 3.05) is 0 Å². The topological polar surface area (TPSA) is 79.3 Å². The van der Waals surface area contributed by atoms with E-state index in [1.807, 2.05) is 0 Å². The Labute approximate surface area is 107 Å². The second-order valence-electron chi connectivity index (χ2n) is 3.50. The van der Waals surface area contributed by atoms with Gasteiger partial charge in [0, 0.05) is 11.1 Å². The number of amides is 1. The van der Waals surface area contributed by atoms with E-state index in [0.29, 0.717) is 6.54 Å². The first-order valence-electron chi connectivity index (χ1n) is 5.16. The number of aromatic carboxylic acids is 1. The molecule has 2 rings (SSSR count). The summed E-state index contributed by atoms with van der Waals surface area (Å²) in [6, 6.07) is 6.12. The highest BCUT2D eigenvalue weighted by molar-refractivity contribution is 7.09. The van der Waals surface area contributed by atoms with E-state index in [4.69, 9.17) is 5.11 Å². The first-order valence-corrected chi connectivity index (χ1v) is 6.04. The Morgan fingerprint density at radius 1 is 1.28 bits per heavy atom. The summed E-state index contributed by atoms with van der Waals surface area (Å²) >= 11 is 1.43. The molecule has 0 bridgehead atoms. The van der Waals surface area contributed by atoms with Gasteiger partial charge in [0.25, 0.3) is 5.91 Å². The molecule has 5 nitrogen and oxygen atoms in total. The fraction of sp³-hybridized carbons (Fsp3) is 0.0833. The highest BCUT2D eigenvalue weighted by Crippen LogP contribution is 2.10. The predicted octanol–water partition coefficient (Wildman–Crippen LogP) is 1.77. The van der Waals surface area contributed by atoms with E-state index in [9.17, 15) is 9.59 Å². The van der Waals surface area contributed by atoms with Gasteiger partial charge in [-0.3, -0.25) is 9.78 Å². The Balaban J connectivity index is 2.11. The molecule has 6 heteroatoms. The first-order chi connectivity index (χ1) is 8.68. The third-order valence-electron chi connectivity index (χ3n) is 2.31. The number of carboxylic acid groups (broad SMARTS) is 1. The molecule has 18 heavy (non-hydrogen) atoms. The van der Waals surface area contributed by atoms with Gasteiger partial charge in [-0.05, 0) is 12.1 Å². The molecule has 1 amide bonds. The highest BCUT2D eigenvalue weighted by Gasteiger charge is 2.15. The third kappa shape index (κ3) is 2.72. The third-order valence-corrected chi connectivity index (χ3v) is 3.09. The second kappa shape index (κ2) is 5.42. The Kier molecular flexibility index (Phi) is 3.69. The summed E-state index contributed by atoms with van der Waals surface area (Å²) in [5.74, 6) is -1.51. The van der Waals surface area contributed by atoms with Crippen LogP contribution in [0.2, 0.25) is 0 Å². The Bertz CT molecular complexity index is 566. The molecule has 0 radical (unpaired) electrons. The maximum atomic E-state index is 11.9. The monoisotopic (exact) mass is 262 g/mol. The molecule has 0 saturated carbocycles. The summed E-state index contributed by atoms with van der Waals surface area (Å²) in [6.45, 7) is 0.345. The molecule has 1 heterocycles. The van der Waals surface area contributed by atoms with Crippen LogP contribution in [-0.2, 0) is 6.54 Å². The van der Waals surface area contributed by atoms with Crippen molar-refractivity contribution in [2.45, 2.75) is 6.54 Å². The van der Waals surface area contributed by atoms with E-state index >= 15 is 0 Å².